The van der Waals surface area contributed by atoms with Crippen molar-refractivity contribution in [2.45, 2.75) is 46.5 Å². The maximum atomic E-state index is 8.88. The quantitative estimate of drug-likeness (QED) is 0.665. The molecule has 0 amide bonds. The van der Waals surface area contributed by atoms with Crippen LogP contribution >= 0.6 is 0 Å². The van der Waals surface area contributed by atoms with Gasteiger partial charge in [-0.15, -0.1) is 0 Å². The molecule has 0 saturated heterocycles. The van der Waals surface area contributed by atoms with Gasteiger partial charge in [-0.1, -0.05) is 47.6 Å². The molecule has 1 heteroatoms. The predicted octanol–water partition coefficient (Wildman–Crippen LogP) is 5.16. The van der Waals surface area contributed by atoms with Gasteiger partial charge in [0.1, 0.15) is 0 Å². The summed E-state index contributed by atoms with van der Waals surface area (Å²) in [4.78, 5) is 0. The fraction of sp³-hybridized carbons (Fsp3) is 0.389. The minimum atomic E-state index is -0.0207. The van der Waals surface area contributed by atoms with Crippen molar-refractivity contribution < 1.29 is 0 Å². The lowest BCUT2D eigenvalue weighted by atomic mass is 9.98. The Balaban J connectivity index is 2.65. The van der Waals surface area contributed by atoms with Gasteiger partial charge in [-0.2, -0.15) is 5.26 Å². The van der Waals surface area contributed by atoms with Gasteiger partial charge in [0.2, 0.25) is 0 Å². The van der Waals surface area contributed by atoms with Crippen LogP contribution < -0.4 is 0 Å². The highest BCUT2D eigenvalue weighted by Crippen LogP contribution is 2.17. The number of benzene rings is 1. The Hall–Kier alpha value is -1.81. The SMILES string of the molecule is C/C=C\C(C)=C(\C)CCc1ccc(C(C)C#N)cc1. The van der Waals surface area contributed by atoms with Crippen LogP contribution in [0.15, 0.2) is 47.6 Å². The van der Waals surface area contributed by atoms with Crippen molar-refractivity contribution in [1.29, 1.82) is 5.26 Å². The summed E-state index contributed by atoms with van der Waals surface area (Å²) in [6, 6.07) is 10.7. The number of hydrogen-bond donors (Lipinski definition) is 0. The lowest BCUT2D eigenvalue weighted by Crippen LogP contribution is -1.92. The molecule has 0 N–H and O–H groups in total. The van der Waals surface area contributed by atoms with Crippen LogP contribution in [0.5, 0.6) is 0 Å². The molecule has 0 aliphatic carbocycles. The Morgan fingerprint density at radius 3 is 2.42 bits per heavy atom. The van der Waals surface area contributed by atoms with E-state index in [-0.39, 0.29) is 5.92 Å². The molecule has 1 aromatic rings. The summed E-state index contributed by atoms with van der Waals surface area (Å²) in [5.74, 6) is -0.0207. The normalized spacial score (nSPS) is 14.1. The molecule has 19 heavy (non-hydrogen) atoms. The summed E-state index contributed by atoms with van der Waals surface area (Å²) in [7, 11) is 0. The summed E-state index contributed by atoms with van der Waals surface area (Å²) in [6.07, 6.45) is 6.38. The molecule has 0 spiro atoms. The van der Waals surface area contributed by atoms with Gasteiger partial charge in [-0.3, -0.25) is 0 Å². The van der Waals surface area contributed by atoms with Crippen molar-refractivity contribution in [2.75, 3.05) is 0 Å². The van der Waals surface area contributed by atoms with Crippen LogP contribution in [0.3, 0.4) is 0 Å². The van der Waals surface area contributed by atoms with E-state index in [4.69, 9.17) is 5.26 Å². The Bertz CT molecular complexity index is 497. The number of allylic oxidation sites excluding steroid dienone is 4. The first kappa shape index (κ1) is 15.2. The van der Waals surface area contributed by atoms with E-state index in [0.29, 0.717) is 0 Å². The average Bonchev–Trinajstić information content (AvgIpc) is 2.44. The molecule has 0 aromatic heterocycles. The standard InChI is InChI=1S/C18H23N/c1-5-6-14(2)15(3)7-8-17-9-11-18(12-10-17)16(4)13-19/h5-6,9-12,16H,7-8H2,1-4H3/b6-5-,15-14-. The van der Waals surface area contributed by atoms with Crippen molar-refractivity contribution in [3.63, 3.8) is 0 Å². The van der Waals surface area contributed by atoms with E-state index >= 15 is 0 Å². The average molecular weight is 253 g/mol. The van der Waals surface area contributed by atoms with Crippen molar-refractivity contribution in [3.8, 4) is 6.07 Å². The highest BCUT2D eigenvalue weighted by Gasteiger charge is 2.03. The molecule has 0 heterocycles. The minimum Gasteiger partial charge on any atom is -0.198 e. The number of hydrogen-bond acceptors (Lipinski definition) is 1. The lowest BCUT2D eigenvalue weighted by molar-refractivity contribution is 0.922. The van der Waals surface area contributed by atoms with Crippen molar-refractivity contribution >= 4 is 0 Å². The highest BCUT2D eigenvalue weighted by atomic mass is 14.3. The highest BCUT2D eigenvalue weighted by molar-refractivity contribution is 5.29. The molecule has 0 radical (unpaired) electrons. The van der Waals surface area contributed by atoms with Crippen LogP contribution in [0.1, 0.15) is 51.2 Å². The van der Waals surface area contributed by atoms with Crippen molar-refractivity contribution in [2.24, 2.45) is 0 Å². The van der Waals surface area contributed by atoms with E-state index in [1.165, 1.54) is 16.7 Å². The van der Waals surface area contributed by atoms with Crippen LogP contribution in [0, 0.1) is 11.3 Å². The Morgan fingerprint density at radius 1 is 1.26 bits per heavy atom. The second kappa shape index (κ2) is 7.59. The zero-order chi connectivity index (χ0) is 14.3. The first-order valence-electron chi connectivity index (χ1n) is 6.86. The topological polar surface area (TPSA) is 23.8 Å². The Kier molecular flexibility index (Phi) is 6.09. The third kappa shape index (κ3) is 4.75. The minimum absolute atomic E-state index is 0.0207. The number of nitrogens with zero attached hydrogens (tertiary/aromatic N) is 1. The second-order valence-electron chi connectivity index (χ2n) is 5.06. The van der Waals surface area contributed by atoms with Gasteiger partial charge in [0.15, 0.2) is 0 Å². The first-order chi connectivity index (χ1) is 9.08. The summed E-state index contributed by atoms with van der Waals surface area (Å²) in [5.41, 5.74) is 5.23. The third-order valence-corrected chi connectivity index (χ3v) is 3.55. The zero-order valence-corrected chi connectivity index (χ0v) is 12.4. The third-order valence-electron chi connectivity index (χ3n) is 3.55. The van der Waals surface area contributed by atoms with Gasteiger partial charge in [0.05, 0.1) is 12.0 Å². The lowest BCUT2D eigenvalue weighted by Gasteiger charge is -2.07. The number of rotatable bonds is 5. The van der Waals surface area contributed by atoms with Gasteiger partial charge in [-0.25, -0.2) is 0 Å². The van der Waals surface area contributed by atoms with Crippen LogP contribution in [0.4, 0.5) is 0 Å². The van der Waals surface area contributed by atoms with E-state index in [9.17, 15) is 0 Å². The van der Waals surface area contributed by atoms with Crippen LogP contribution in [-0.4, -0.2) is 0 Å². The molecule has 100 valence electrons. The van der Waals surface area contributed by atoms with Crippen molar-refractivity contribution in [3.05, 3.63) is 58.7 Å². The van der Waals surface area contributed by atoms with Gasteiger partial charge in [0, 0.05) is 0 Å². The molecule has 0 bridgehead atoms. The van der Waals surface area contributed by atoms with E-state index in [1.54, 1.807) is 0 Å². The number of nitriles is 1. The predicted molar refractivity (Wildman–Crippen MR) is 82.0 cm³/mol. The molecule has 0 aliphatic rings. The molecule has 1 nitrogen and oxygen atoms in total. The van der Waals surface area contributed by atoms with Crippen LogP contribution in [-0.2, 0) is 6.42 Å². The van der Waals surface area contributed by atoms with E-state index in [1.807, 2.05) is 13.8 Å². The smallest absolute Gasteiger partial charge is 0.0700 e. The Morgan fingerprint density at radius 2 is 1.89 bits per heavy atom. The Labute approximate surface area is 117 Å². The van der Waals surface area contributed by atoms with E-state index in [0.717, 1.165) is 18.4 Å². The van der Waals surface area contributed by atoms with Crippen molar-refractivity contribution in [1.82, 2.24) is 0 Å². The summed E-state index contributed by atoms with van der Waals surface area (Å²) >= 11 is 0. The van der Waals surface area contributed by atoms with E-state index < -0.39 is 0 Å². The fourth-order valence-electron chi connectivity index (χ4n) is 1.97. The second-order valence-corrected chi connectivity index (χ2v) is 5.06. The summed E-state index contributed by atoms with van der Waals surface area (Å²) in [5, 5.41) is 8.88. The fourth-order valence-corrected chi connectivity index (χ4v) is 1.97. The molecule has 0 aliphatic heterocycles. The zero-order valence-electron chi connectivity index (χ0n) is 12.4. The molecule has 1 unspecified atom stereocenters. The number of aryl methyl sites for hydroxylation is 1. The molecule has 0 saturated carbocycles. The molecule has 0 fully saturated rings. The van der Waals surface area contributed by atoms with Crippen LogP contribution in [0.25, 0.3) is 0 Å². The molecule has 1 aromatic carbocycles. The van der Waals surface area contributed by atoms with Gasteiger partial charge >= 0.3 is 0 Å². The maximum Gasteiger partial charge on any atom is 0.0700 e. The largest absolute Gasteiger partial charge is 0.198 e. The summed E-state index contributed by atoms with van der Waals surface area (Å²) < 4.78 is 0. The van der Waals surface area contributed by atoms with Gasteiger partial charge in [-0.05, 0) is 51.7 Å². The summed E-state index contributed by atoms with van der Waals surface area (Å²) in [6.45, 7) is 8.34. The molecule has 1 atom stereocenters. The monoisotopic (exact) mass is 253 g/mol. The van der Waals surface area contributed by atoms with Gasteiger partial charge < -0.3 is 0 Å². The van der Waals surface area contributed by atoms with E-state index in [2.05, 4.69) is 56.3 Å². The first-order valence-corrected chi connectivity index (χ1v) is 6.86. The molecular weight excluding hydrogens is 230 g/mol. The van der Waals surface area contributed by atoms with Crippen LogP contribution in [0.2, 0.25) is 0 Å². The van der Waals surface area contributed by atoms with Gasteiger partial charge in [0.25, 0.3) is 0 Å². The maximum absolute atomic E-state index is 8.88. The molecule has 1 rings (SSSR count). The molecular formula is C18H23N.